The lowest BCUT2D eigenvalue weighted by atomic mass is 10.1. The Morgan fingerprint density at radius 1 is 1.28 bits per heavy atom. The molecule has 18 heavy (non-hydrogen) atoms. The molecule has 1 aromatic carbocycles. The number of hydrogen-bond acceptors (Lipinski definition) is 2. The molecule has 0 bridgehead atoms. The van der Waals surface area contributed by atoms with E-state index in [4.69, 9.17) is 11.6 Å². The van der Waals surface area contributed by atoms with E-state index in [1.54, 1.807) is 6.07 Å². The first kappa shape index (κ1) is 15.7. The molecule has 1 fully saturated rings. The summed E-state index contributed by atoms with van der Waals surface area (Å²) in [7, 11) is 0. The van der Waals surface area contributed by atoms with Crippen LogP contribution in [-0.4, -0.2) is 30.1 Å². The zero-order chi connectivity index (χ0) is 12.4. The Bertz CT molecular complexity index is 370. The maximum atomic E-state index is 13.2. The fourth-order valence-corrected chi connectivity index (χ4v) is 2.77. The van der Waals surface area contributed by atoms with Gasteiger partial charge in [0.15, 0.2) is 0 Å². The highest BCUT2D eigenvalue weighted by molar-refractivity contribution is 6.30. The van der Waals surface area contributed by atoms with Gasteiger partial charge in [0.25, 0.3) is 0 Å². The molecule has 0 saturated carbocycles. The maximum absolute atomic E-state index is 13.2. The molecule has 0 aromatic heterocycles. The van der Waals surface area contributed by atoms with Crippen molar-refractivity contribution in [2.24, 2.45) is 0 Å². The molecule has 0 amide bonds. The Hall–Kier alpha value is -0.350. The second-order valence-corrected chi connectivity index (χ2v) is 5.38. The molecule has 0 radical (unpaired) electrons. The molecule has 1 aliphatic rings. The molecule has 2 nitrogen and oxygen atoms in total. The molecule has 1 N–H and O–H groups in total. The van der Waals surface area contributed by atoms with Gasteiger partial charge in [-0.3, -0.25) is 4.90 Å². The van der Waals surface area contributed by atoms with Crippen LogP contribution >= 0.6 is 24.0 Å². The minimum atomic E-state index is -0.260. The highest BCUT2D eigenvalue weighted by Gasteiger charge is 2.20. The van der Waals surface area contributed by atoms with Crippen molar-refractivity contribution >= 4 is 24.0 Å². The van der Waals surface area contributed by atoms with E-state index < -0.39 is 0 Å². The zero-order valence-electron chi connectivity index (χ0n) is 10.6. The molecule has 1 heterocycles. The second kappa shape index (κ2) is 6.71. The van der Waals surface area contributed by atoms with E-state index in [9.17, 15) is 4.39 Å². The normalized spacial score (nSPS) is 24.7. The number of halogens is 3. The molecular weight excluding hydrogens is 274 g/mol. The maximum Gasteiger partial charge on any atom is 0.125 e. The molecule has 2 atom stereocenters. The van der Waals surface area contributed by atoms with E-state index in [2.05, 4.69) is 24.1 Å². The van der Waals surface area contributed by atoms with Crippen LogP contribution in [-0.2, 0) is 6.54 Å². The zero-order valence-corrected chi connectivity index (χ0v) is 12.2. The van der Waals surface area contributed by atoms with Gasteiger partial charge in [-0.15, -0.1) is 12.4 Å². The van der Waals surface area contributed by atoms with Crippen molar-refractivity contribution in [3.63, 3.8) is 0 Å². The second-order valence-electron chi connectivity index (χ2n) is 4.94. The number of piperazine rings is 1. The lowest BCUT2D eigenvalue weighted by Gasteiger charge is -2.36. The number of nitrogens with one attached hydrogen (secondary N) is 1. The molecule has 1 saturated heterocycles. The summed E-state index contributed by atoms with van der Waals surface area (Å²) < 4.78 is 13.2. The summed E-state index contributed by atoms with van der Waals surface area (Å²) in [6, 6.07) is 5.69. The van der Waals surface area contributed by atoms with Crippen molar-refractivity contribution in [3.8, 4) is 0 Å². The van der Waals surface area contributed by atoms with Gasteiger partial charge >= 0.3 is 0 Å². The van der Waals surface area contributed by atoms with Gasteiger partial charge in [-0.25, -0.2) is 4.39 Å². The number of rotatable bonds is 2. The lowest BCUT2D eigenvalue weighted by molar-refractivity contribution is 0.166. The third kappa shape index (κ3) is 4.39. The largest absolute Gasteiger partial charge is 0.309 e. The van der Waals surface area contributed by atoms with Gasteiger partial charge < -0.3 is 5.32 Å². The Balaban J connectivity index is 0.00000162. The van der Waals surface area contributed by atoms with Crippen molar-refractivity contribution in [1.82, 2.24) is 10.2 Å². The van der Waals surface area contributed by atoms with E-state index in [0.717, 1.165) is 25.2 Å². The van der Waals surface area contributed by atoms with Gasteiger partial charge in [0.1, 0.15) is 5.82 Å². The molecule has 2 unspecified atom stereocenters. The average molecular weight is 293 g/mol. The highest BCUT2D eigenvalue weighted by atomic mass is 35.5. The van der Waals surface area contributed by atoms with Crippen LogP contribution in [0.3, 0.4) is 0 Å². The topological polar surface area (TPSA) is 15.3 Å². The van der Waals surface area contributed by atoms with E-state index in [0.29, 0.717) is 17.1 Å². The Morgan fingerprint density at radius 2 is 1.89 bits per heavy atom. The van der Waals surface area contributed by atoms with Crippen LogP contribution in [0.4, 0.5) is 4.39 Å². The number of hydrogen-bond donors (Lipinski definition) is 1. The van der Waals surface area contributed by atoms with Gasteiger partial charge in [-0.1, -0.05) is 11.6 Å². The Labute approximate surface area is 119 Å². The molecule has 1 aliphatic heterocycles. The monoisotopic (exact) mass is 292 g/mol. The van der Waals surface area contributed by atoms with Crippen LogP contribution in [0.25, 0.3) is 0 Å². The lowest BCUT2D eigenvalue weighted by Crippen LogP contribution is -2.53. The van der Waals surface area contributed by atoms with E-state index >= 15 is 0 Å². The predicted molar refractivity (Wildman–Crippen MR) is 76.0 cm³/mol. The summed E-state index contributed by atoms with van der Waals surface area (Å²) >= 11 is 5.85. The third-order valence-corrected chi connectivity index (χ3v) is 3.18. The fraction of sp³-hybridized carbons (Fsp3) is 0.538. The van der Waals surface area contributed by atoms with Crippen LogP contribution in [0.15, 0.2) is 18.2 Å². The summed E-state index contributed by atoms with van der Waals surface area (Å²) in [4.78, 5) is 2.33. The van der Waals surface area contributed by atoms with Gasteiger partial charge in [-0.2, -0.15) is 0 Å². The minimum absolute atomic E-state index is 0. The summed E-state index contributed by atoms with van der Waals surface area (Å²) in [6.45, 7) is 7.06. The standard InChI is InChI=1S/C13H18ClFN2.ClH/c1-9-6-17(7-10(2)16-9)8-11-3-12(14)5-13(15)4-11;/h3-5,9-10,16H,6-8H2,1-2H3;1H. The molecule has 102 valence electrons. The van der Waals surface area contributed by atoms with Crippen molar-refractivity contribution in [1.29, 1.82) is 0 Å². The molecule has 5 heteroatoms. The Kier molecular flexibility index (Phi) is 5.86. The summed E-state index contributed by atoms with van der Waals surface area (Å²) in [6.07, 6.45) is 0. The molecular formula is C13H19Cl2FN2. The highest BCUT2D eigenvalue weighted by Crippen LogP contribution is 2.17. The van der Waals surface area contributed by atoms with Gasteiger partial charge in [0.05, 0.1) is 0 Å². The van der Waals surface area contributed by atoms with Crippen LogP contribution in [0.2, 0.25) is 5.02 Å². The third-order valence-electron chi connectivity index (χ3n) is 2.96. The quantitative estimate of drug-likeness (QED) is 0.901. The van der Waals surface area contributed by atoms with E-state index in [1.807, 2.05) is 6.07 Å². The van der Waals surface area contributed by atoms with Crippen LogP contribution < -0.4 is 5.32 Å². The van der Waals surface area contributed by atoms with Gasteiger partial charge in [-0.05, 0) is 37.6 Å². The van der Waals surface area contributed by atoms with Crippen LogP contribution in [0, 0.1) is 5.82 Å². The predicted octanol–water partition coefficient (Wildman–Crippen LogP) is 3.08. The Morgan fingerprint density at radius 3 is 2.44 bits per heavy atom. The molecule has 0 spiro atoms. The molecule has 0 aliphatic carbocycles. The SMILES string of the molecule is CC1CN(Cc2cc(F)cc(Cl)c2)CC(C)N1.Cl. The smallest absolute Gasteiger partial charge is 0.125 e. The summed E-state index contributed by atoms with van der Waals surface area (Å²) in [5, 5.41) is 3.94. The van der Waals surface area contributed by atoms with Gasteiger partial charge in [0.2, 0.25) is 0 Å². The first-order chi connectivity index (χ1) is 8.02. The minimum Gasteiger partial charge on any atom is -0.309 e. The summed E-state index contributed by atoms with van der Waals surface area (Å²) in [5.74, 6) is -0.260. The number of nitrogens with zero attached hydrogens (tertiary/aromatic N) is 1. The van der Waals surface area contributed by atoms with E-state index in [1.165, 1.54) is 6.07 Å². The van der Waals surface area contributed by atoms with E-state index in [-0.39, 0.29) is 18.2 Å². The van der Waals surface area contributed by atoms with Crippen molar-refractivity contribution in [2.45, 2.75) is 32.5 Å². The molecule has 2 rings (SSSR count). The number of benzene rings is 1. The average Bonchev–Trinajstić information content (AvgIpc) is 2.13. The fourth-order valence-electron chi connectivity index (χ4n) is 2.53. The van der Waals surface area contributed by atoms with Crippen molar-refractivity contribution in [2.75, 3.05) is 13.1 Å². The van der Waals surface area contributed by atoms with Crippen molar-refractivity contribution in [3.05, 3.63) is 34.6 Å². The van der Waals surface area contributed by atoms with Crippen LogP contribution in [0.1, 0.15) is 19.4 Å². The van der Waals surface area contributed by atoms with Crippen LogP contribution in [0.5, 0.6) is 0 Å². The summed E-state index contributed by atoms with van der Waals surface area (Å²) in [5.41, 5.74) is 0.941. The van der Waals surface area contributed by atoms with Crippen molar-refractivity contribution < 1.29 is 4.39 Å². The molecule has 1 aromatic rings. The van der Waals surface area contributed by atoms with Gasteiger partial charge in [0, 0.05) is 36.7 Å². The first-order valence-electron chi connectivity index (χ1n) is 5.96. The first-order valence-corrected chi connectivity index (χ1v) is 6.34.